The van der Waals surface area contributed by atoms with E-state index in [1.165, 1.54) is 4.90 Å². The third-order valence-corrected chi connectivity index (χ3v) is 4.18. The van der Waals surface area contributed by atoms with Crippen LogP contribution in [0.3, 0.4) is 0 Å². The van der Waals surface area contributed by atoms with Gasteiger partial charge in [0.1, 0.15) is 0 Å². The number of carbonyl (C=O) groups excluding carboxylic acids is 1. The Labute approximate surface area is 141 Å². The van der Waals surface area contributed by atoms with Crippen LogP contribution in [0.15, 0.2) is 47.3 Å². The van der Waals surface area contributed by atoms with Crippen molar-refractivity contribution in [1.82, 2.24) is 15.1 Å². The maximum absolute atomic E-state index is 13.7. The third kappa shape index (κ3) is 3.00. The number of hydrogen-bond acceptors (Lipinski definition) is 3. The van der Waals surface area contributed by atoms with E-state index in [1.807, 2.05) is 0 Å². The molecule has 1 amide bonds. The van der Waals surface area contributed by atoms with Crippen LogP contribution in [0.4, 0.5) is 8.78 Å². The summed E-state index contributed by atoms with van der Waals surface area (Å²) >= 11 is 0. The molecule has 1 heterocycles. The van der Waals surface area contributed by atoms with E-state index in [0.717, 1.165) is 12.1 Å². The molecular weight excluding hydrogens is 328 g/mol. The molecule has 0 spiro atoms. The van der Waals surface area contributed by atoms with Crippen LogP contribution in [0.5, 0.6) is 0 Å². The summed E-state index contributed by atoms with van der Waals surface area (Å²) in [6.45, 7) is 1.70. The van der Waals surface area contributed by atoms with Crippen LogP contribution < -0.4 is 5.56 Å². The summed E-state index contributed by atoms with van der Waals surface area (Å²) in [5, 5.41) is 6.38. The van der Waals surface area contributed by atoms with E-state index in [4.69, 9.17) is 0 Å². The van der Waals surface area contributed by atoms with Gasteiger partial charge in [0.25, 0.3) is 11.5 Å². The zero-order chi connectivity index (χ0) is 18.1. The quantitative estimate of drug-likeness (QED) is 0.795. The highest BCUT2D eigenvalue weighted by atomic mass is 19.2. The smallest absolute Gasteiger partial charge is 0.272 e. The maximum Gasteiger partial charge on any atom is 0.272 e. The Morgan fingerprint density at radius 3 is 2.36 bits per heavy atom. The van der Waals surface area contributed by atoms with Crippen LogP contribution in [0.2, 0.25) is 0 Å². The molecule has 1 aromatic heterocycles. The highest BCUT2D eigenvalue weighted by molar-refractivity contribution is 5.94. The van der Waals surface area contributed by atoms with Gasteiger partial charge in [-0.1, -0.05) is 18.2 Å². The summed E-state index contributed by atoms with van der Waals surface area (Å²) in [5.74, 6) is -2.45. The van der Waals surface area contributed by atoms with Gasteiger partial charge in [0.15, 0.2) is 11.6 Å². The number of aromatic nitrogens is 2. The Kier molecular flexibility index (Phi) is 4.31. The van der Waals surface area contributed by atoms with Crippen LogP contribution in [-0.2, 0) is 0 Å². The first-order valence-corrected chi connectivity index (χ1v) is 7.59. The molecule has 0 radical (unpaired) electrons. The van der Waals surface area contributed by atoms with Crippen molar-refractivity contribution < 1.29 is 13.6 Å². The van der Waals surface area contributed by atoms with Crippen LogP contribution in [-0.4, -0.2) is 28.1 Å². The lowest BCUT2D eigenvalue weighted by Gasteiger charge is -2.25. The zero-order valence-corrected chi connectivity index (χ0v) is 13.6. The number of rotatable bonds is 3. The Balaban J connectivity index is 2.07. The van der Waals surface area contributed by atoms with Gasteiger partial charge in [0.2, 0.25) is 0 Å². The van der Waals surface area contributed by atoms with E-state index in [9.17, 15) is 18.4 Å². The van der Waals surface area contributed by atoms with Crippen molar-refractivity contribution in [3.63, 3.8) is 0 Å². The van der Waals surface area contributed by atoms with Crippen molar-refractivity contribution in [2.45, 2.75) is 13.0 Å². The first-order valence-electron chi connectivity index (χ1n) is 7.59. The number of H-pyrrole nitrogens is 1. The van der Waals surface area contributed by atoms with Crippen LogP contribution in [0.25, 0.3) is 10.8 Å². The summed E-state index contributed by atoms with van der Waals surface area (Å²) < 4.78 is 27.1. The molecule has 0 aliphatic carbocycles. The van der Waals surface area contributed by atoms with Gasteiger partial charge in [-0.15, -0.1) is 0 Å². The predicted molar refractivity (Wildman–Crippen MR) is 89.2 cm³/mol. The molecule has 7 heteroatoms. The van der Waals surface area contributed by atoms with Gasteiger partial charge in [-0.3, -0.25) is 9.59 Å². The summed E-state index contributed by atoms with van der Waals surface area (Å²) in [7, 11) is 1.58. The maximum atomic E-state index is 13.7. The number of nitrogens with zero attached hydrogens (tertiary/aromatic N) is 2. The number of amides is 1. The van der Waals surface area contributed by atoms with Gasteiger partial charge in [0.05, 0.1) is 17.1 Å². The molecule has 1 N–H and O–H groups in total. The normalized spacial score (nSPS) is 12.2. The number of carbonyl (C=O) groups is 1. The molecule has 0 aliphatic heterocycles. The number of hydrogen-bond donors (Lipinski definition) is 1. The molecule has 5 nitrogen and oxygen atoms in total. The second kappa shape index (κ2) is 6.43. The average molecular weight is 343 g/mol. The Morgan fingerprint density at radius 2 is 1.72 bits per heavy atom. The van der Waals surface area contributed by atoms with Crippen molar-refractivity contribution >= 4 is 16.7 Å². The van der Waals surface area contributed by atoms with Gasteiger partial charge < -0.3 is 4.90 Å². The summed E-state index contributed by atoms with van der Waals surface area (Å²) in [4.78, 5) is 25.9. The lowest BCUT2D eigenvalue weighted by molar-refractivity contribution is 0.0740. The SMILES string of the molecule is C[C@@H](c1n[nH]c(=O)c2cc(F)c(F)cc12)N(C)C(=O)c1ccccc1. The highest BCUT2D eigenvalue weighted by Gasteiger charge is 2.23. The van der Waals surface area contributed by atoms with E-state index in [2.05, 4.69) is 10.2 Å². The topological polar surface area (TPSA) is 66.1 Å². The zero-order valence-electron chi connectivity index (χ0n) is 13.6. The average Bonchev–Trinajstić information content (AvgIpc) is 2.62. The van der Waals surface area contributed by atoms with E-state index < -0.39 is 23.2 Å². The minimum absolute atomic E-state index is 0.0173. The van der Waals surface area contributed by atoms with Gasteiger partial charge >= 0.3 is 0 Å². The largest absolute Gasteiger partial charge is 0.333 e. The number of halogens is 2. The molecule has 25 heavy (non-hydrogen) atoms. The molecule has 0 aliphatic rings. The summed E-state index contributed by atoms with van der Waals surface area (Å²) in [6.07, 6.45) is 0. The Bertz CT molecular complexity index is 1000. The molecule has 2 aromatic carbocycles. The second-order valence-electron chi connectivity index (χ2n) is 5.71. The van der Waals surface area contributed by atoms with Gasteiger partial charge in [-0.2, -0.15) is 5.10 Å². The Morgan fingerprint density at radius 1 is 1.12 bits per heavy atom. The highest BCUT2D eigenvalue weighted by Crippen LogP contribution is 2.26. The number of nitrogens with one attached hydrogen (secondary N) is 1. The van der Waals surface area contributed by atoms with Crippen LogP contribution in [0, 0.1) is 11.6 Å². The second-order valence-corrected chi connectivity index (χ2v) is 5.71. The molecule has 0 saturated carbocycles. The minimum Gasteiger partial charge on any atom is -0.333 e. The summed E-state index contributed by atoms with van der Waals surface area (Å²) in [5.41, 5.74) is 0.143. The van der Waals surface area contributed by atoms with Crippen LogP contribution in [0.1, 0.15) is 29.0 Å². The fourth-order valence-corrected chi connectivity index (χ4v) is 2.64. The van der Waals surface area contributed by atoms with E-state index >= 15 is 0 Å². The lowest BCUT2D eigenvalue weighted by Crippen LogP contribution is -2.31. The molecule has 0 bridgehead atoms. The predicted octanol–water partition coefficient (Wildman–Crippen LogP) is 3.03. The van der Waals surface area contributed by atoms with Crippen molar-refractivity contribution in [3.05, 3.63) is 75.7 Å². The number of fused-ring (bicyclic) bond motifs is 1. The van der Waals surface area contributed by atoms with Gasteiger partial charge in [-0.25, -0.2) is 13.9 Å². The lowest BCUT2D eigenvalue weighted by atomic mass is 10.0. The van der Waals surface area contributed by atoms with Crippen molar-refractivity contribution in [2.75, 3.05) is 7.05 Å². The molecule has 1 atom stereocenters. The molecule has 0 fully saturated rings. The van der Waals surface area contributed by atoms with E-state index in [0.29, 0.717) is 5.56 Å². The summed E-state index contributed by atoms with van der Waals surface area (Å²) in [6, 6.07) is 9.85. The molecule has 0 saturated heterocycles. The van der Waals surface area contributed by atoms with Crippen LogP contribution >= 0.6 is 0 Å². The van der Waals surface area contributed by atoms with Crippen molar-refractivity contribution in [3.8, 4) is 0 Å². The van der Waals surface area contributed by atoms with Crippen molar-refractivity contribution in [2.24, 2.45) is 0 Å². The van der Waals surface area contributed by atoms with E-state index in [-0.39, 0.29) is 22.4 Å². The third-order valence-electron chi connectivity index (χ3n) is 4.18. The fraction of sp³-hybridized carbons (Fsp3) is 0.167. The van der Waals surface area contributed by atoms with Crippen molar-refractivity contribution in [1.29, 1.82) is 0 Å². The van der Waals surface area contributed by atoms with Gasteiger partial charge in [0, 0.05) is 18.0 Å². The first kappa shape index (κ1) is 16.8. The molecular formula is C18H15F2N3O2. The van der Waals surface area contributed by atoms with Gasteiger partial charge in [-0.05, 0) is 31.2 Å². The standard InChI is InChI=1S/C18H15F2N3O2/c1-10(23(2)18(25)11-6-4-3-5-7-11)16-12-8-14(19)15(20)9-13(12)17(24)22-21-16/h3-10H,1-2H3,(H,22,24)/t10-/m0/s1. The Hall–Kier alpha value is -3.09. The number of benzene rings is 2. The van der Waals surface area contributed by atoms with E-state index in [1.54, 1.807) is 44.3 Å². The fourth-order valence-electron chi connectivity index (χ4n) is 2.64. The number of aromatic amines is 1. The monoisotopic (exact) mass is 343 g/mol. The first-order chi connectivity index (χ1) is 11.9. The minimum atomic E-state index is -1.11. The molecule has 3 aromatic rings. The molecule has 128 valence electrons. The molecule has 0 unspecified atom stereocenters. The molecule has 3 rings (SSSR count).